The largest absolute Gasteiger partial charge is 0.465 e. The Morgan fingerprint density at radius 3 is 2.44 bits per heavy atom. The number of nitrogens with two attached hydrogens (primary N) is 1. The van der Waals surface area contributed by atoms with Gasteiger partial charge in [0.05, 0.1) is 11.5 Å². The maximum Gasteiger partial charge on any atom is 0.323 e. The second-order valence-corrected chi connectivity index (χ2v) is 3.49. The van der Waals surface area contributed by atoms with E-state index in [9.17, 15) is 14.9 Å². The SMILES string of the molecule is CCOC(=O)C(N)Cc1ccc([N+](=O)[O-])cc1.Cl. The molecule has 0 saturated carbocycles. The molecule has 0 aliphatic carbocycles. The Morgan fingerprint density at radius 2 is 2.00 bits per heavy atom. The zero-order chi connectivity index (χ0) is 12.8. The highest BCUT2D eigenvalue weighted by atomic mass is 35.5. The Bertz CT molecular complexity index is 408. The van der Waals surface area contributed by atoms with Crippen LogP contribution in [0.1, 0.15) is 12.5 Å². The highest BCUT2D eigenvalue weighted by Crippen LogP contribution is 2.13. The predicted octanol–water partition coefficient (Wildman–Crippen LogP) is 1.45. The summed E-state index contributed by atoms with van der Waals surface area (Å²) >= 11 is 0. The van der Waals surface area contributed by atoms with Crippen molar-refractivity contribution < 1.29 is 14.5 Å². The summed E-state index contributed by atoms with van der Waals surface area (Å²) in [5, 5.41) is 10.4. The average molecular weight is 275 g/mol. The molecule has 18 heavy (non-hydrogen) atoms. The molecule has 1 unspecified atom stereocenters. The minimum Gasteiger partial charge on any atom is -0.465 e. The number of non-ortho nitro benzene ring substituents is 1. The van der Waals surface area contributed by atoms with Crippen LogP contribution in [-0.2, 0) is 16.0 Å². The van der Waals surface area contributed by atoms with Crippen molar-refractivity contribution in [2.75, 3.05) is 6.61 Å². The molecule has 1 aromatic carbocycles. The Balaban J connectivity index is 0.00000289. The van der Waals surface area contributed by atoms with Crippen molar-refractivity contribution in [3.63, 3.8) is 0 Å². The van der Waals surface area contributed by atoms with E-state index in [2.05, 4.69) is 0 Å². The number of rotatable bonds is 5. The van der Waals surface area contributed by atoms with Gasteiger partial charge in [-0.1, -0.05) is 12.1 Å². The molecule has 0 spiro atoms. The van der Waals surface area contributed by atoms with Crippen LogP contribution in [0.5, 0.6) is 0 Å². The maximum absolute atomic E-state index is 11.3. The standard InChI is InChI=1S/C11H14N2O4.ClH/c1-2-17-11(14)10(12)7-8-3-5-9(6-4-8)13(15)16;/h3-6,10H,2,7,12H2,1H3;1H. The molecule has 0 aliphatic heterocycles. The fourth-order valence-electron chi connectivity index (χ4n) is 1.34. The number of benzene rings is 1. The van der Waals surface area contributed by atoms with E-state index in [0.717, 1.165) is 5.56 Å². The van der Waals surface area contributed by atoms with Crippen molar-refractivity contribution in [3.8, 4) is 0 Å². The number of carbonyl (C=O) groups excluding carboxylic acids is 1. The Hall–Kier alpha value is -1.66. The molecule has 1 atom stereocenters. The van der Waals surface area contributed by atoms with Crippen LogP contribution >= 0.6 is 12.4 Å². The summed E-state index contributed by atoms with van der Waals surface area (Å²) in [6, 6.07) is 5.19. The molecule has 0 fully saturated rings. The van der Waals surface area contributed by atoms with Crippen molar-refractivity contribution >= 4 is 24.1 Å². The molecule has 0 radical (unpaired) electrons. The highest BCUT2D eigenvalue weighted by Gasteiger charge is 2.15. The lowest BCUT2D eigenvalue weighted by atomic mass is 10.1. The van der Waals surface area contributed by atoms with Crippen LogP contribution in [0.15, 0.2) is 24.3 Å². The second-order valence-electron chi connectivity index (χ2n) is 3.49. The van der Waals surface area contributed by atoms with Gasteiger partial charge in [-0.25, -0.2) is 0 Å². The van der Waals surface area contributed by atoms with E-state index in [0.29, 0.717) is 6.42 Å². The van der Waals surface area contributed by atoms with Crippen molar-refractivity contribution in [3.05, 3.63) is 39.9 Å². The second kappa shape index (κ2) is 7.62. The number of halogens is 1. The summed E-state index contributed by atoms with van der Waals surface area (Å²) in [4.78, 5) is 21.2. The zero-order valence-corrected chi connectivity index (χ0v) is 10.7. The number of hydrogen-bond acceptors (Lipinski definition) is 5. The molecule has 1 aromatic rings. The molecule has 0 amide bonds. The van der Waals surface area contributed by atoms with Crippen molar-refractivity contribution in [1.82, 2.24) is 0 Å². The molecule has 6 nitrogen and oxygen atoms in total. The first-order chi connectivity index (χ1) is 8.04. The first-order valence-electron chi connectivity index (χ1n) is 5.20. The zero-order valence-electron chi connectivity index (χ0n) is 9.87. The van der Waals surface area contributed by atoms with Crippen LogP contribution in [0, 0.1) is 10.1 Å². The average Bonchev–Trinajstić information content (AvgIpc) is 2.30. The van der Waals surface area contributed by atoms with E-state index >= 15 is 0 Å². The normalized spacial score (nSPS) is 11.2. The molecule has 0 bridgehead atoms. The Labute approximate surface area is 111 Å². The number of ether oxygens (including phenoxy) is 1. The van der Waals surface area contributed by atoms with E-state index in [1.165, 1.54) is 12.1 Å². The van der Waals surface area contributed by atoms with Gasteiger partial charge in [-0.3, -0.25) is 14.9 Å². The van der Waals surface area contributed by atoms with Gasteiger partial charge in [-0.05, 0) is 18.9 Å². The molecule has 0 aromatic heterocycles. The molecule has 2 N–H and O–H groups in total. The minimum absolute atomic E-state index is 0. The fraction of sp³-hybridized carbons (Fsp3) is 0.364. The number of nitro benzene ring substituents is 1. The quantitative estimate of drug-likeness (QED) is 0.498. The van der Waals surface area contributed by atoms with Crippen LogP contribution in [-0.4, -0.2) is 23.5 Å². The lowest BCUT2D eigenvalue weighted by molar-refractivity contribution is -0.384. The molecule has 0 heterocycles. The van der Waals surface area contributed by atoms with E-state index in [-0.39, 0.29) is 24.7 Å². The van der Waals surface area contributed by atoms with Gasteiger partial charge in [0.1, 0.15) is 6.04 Å². The summed E-state index contributed by atoms with van der Waals surface area (Å²) < 4.78 is 4.77. The summed E-state index contributed by atoms with van der Waals surface area (Å²) in [5.74, 6) is -0.467. The Morgan fingerprint density at radius 1 is 1.44 bits per heavy atom. The van der Waals surface area contributed by atoms with Gasteiger partial charge in [-0.2, -0.15) is 0 Å². The van der Waals surface area contributed by atoms with Crippen molar-refractivity contribution in [2.24, 2.45) is 5.73 Å². The monoisotopic (exact) mass is 274 g/mol. The van der Waals surface area contributed by atoms with Crippen LogP contribution in [0.4, 0.5) is 5.69 Å². The minimum atomic E-state index is -0.739. The van der Waals surface area contributed by atoms with E-state index < -0.39 is 16.9 Å². The van der Waals surface area contributed by atoms with Crippen molar-refractivity contribution in [2.45, 2.75) is 19.4 Å². The molecule has 7 heteroatoms. The molecule has 100 valence electrons. The van der Waals surface area contributed by atoms with Crippen LogP contribution < -0.4 is 5.73 Å². The Kier molecular flexibility index (Phi) is 6.92. The smallest absolute Gasteiger partial charge is 0.323 e. The van der Waals surface area contributed by atoms with Gasteiger partial charge in [0.25, 0.3) is 5.69 Å². The third-order valence-corrected chi connectivity index (χ3v) is 2.19. The van der Waals surface area contributed by atoms with Gasteiger partial charge in [-0.15, -0.1) is 12.4 Å². The number of carbonyl (C=O) groups is 1. The van der Waals surface area contributed by atoms with E-state index in [1.54, 1.807) is 19.1 Å². The lowest BCUT2D eigenvalue weighted by Crippen LogP contribution is -2.34. The fourth-order valence-corrected chi connectivity index (χ4v) is 1.34. The number of hydrogen-bond donors (Lipinski definition) is 1. The predicted molar refractivity (Wildman–Crippen MR) is 68.7 cm³/mol. The lowest BCUT2D eigenvalue weighted by Gasteiger charge is -2.10. The van der Waals surface area contributed by atoms with Gasteiger partial charge in [0, 0.05) is 12.1 Å². The number of nitro groups is 1. The molecule has 0 saturated heterocycles. The molecule has 1 rings (SSSR count). The highest BCUT2D eigenvalue weighted by molar-refractivity contribution is 5.85. The topological polar surface area (TPSA) is 95.5 Å². The first kappa shape index (κ1) is 16.3. The summed E-state index contributed by atoms with van der Waals surface area (Å²) in [5.41, 5.74) is 6.40. The van der Waals surface area contributed by atoms with Gasteiger partial charge in [0.15, 0.2) is 0 Å². The van der Waals surface area contributed by atoms with Gasteiger partial charge < -0.3 is 10.5 Å². The van der Waals surface area contributed by atoms with Crippen LogP contribution in [0.2, 0.25) is 0 Å². The van der Waals surface area contributed by atoms with Gasteiger partial charge in [0.2, 0.25) is 0 Å². The summed E-state index contributed by atoms with van der Waals surface area (Å²) in [6.45, 7) is 1.99. The molecule has 0 aliphatic rings. The van der Waals surface area contributed by atoms with Crippen LogP contribution in [0.25, 0.3) is 0 Å². The summed E-state index contributed by atoms with van der Waals surface area (Å²) in [6.07, 6.45) is 0.302. The van der Waals surface area contributed by atoms with E-state index in [1.807, 2.05) is 0 Å². The first-order valence-corrected chi connectivity index (χ1v) is 5.20. The number of nitrogens with zero attached hydrogens (tertiary/aromatic N) is 1. The van der Waals surface area contributed by atoms with E-state index in [4.69, 9.17) is 10.5 Å². The van der Waals surface area contributed by atoms with Crippen LogP contribution in [0.3, 0.4) is 0 Å². The third-order valence-electron chi connectivity index (χ3n) is 2.19. The molecular weight excluding hydrogens is 260 g/mol. The van der Waals surface area contributed by atoms with Gasteiger partial charge >= 0.3 is 5.97 Å². The maximum atomic E-state index is 11.3. The number of esters is 1. The molecular formula is C11H15ClN2O4. The van der Waals surface area contributed by atoms with Crippen molar-refractivity contribution in [1.29, 1.82) is 0 Å². The summed E-state index contributed by atoms with van der Waals surface area (Å²) in [7, 11) is 0. The third kappa shape index (κ3) is 4.68.